The van der Waals surface area contributed by atoms with Crippen molar-refractivity contribution >= 4 is 18.0 Å². The Bertz CT molecular complexity index is 1030. The van der Waals surface area contributed by atoms with Crippen LogP contribution < -0.4 is 0 Å². The average molecular weight is 367 g/mol. The maximum atomic E-state index is 13.3. The maximum Gasteiger partial charge on any atom is 0.254 e. The molecule has 5 heteroatoms. The number of H-pyrrole nitrogens is 1. The third-order valence-electron chi connectivity index (χ3n) is 6.36. The summed E-state index contributed by atoms with van der Waals surface area (Å²) in [6.07, 6.45) is 3.32. The van der Waals surface area contributed by atoms with Crippen molar-refractivity contribution in [1.82, 2.24) is 9.99 Å². The average Bonchev–Trinajstić information content (AvgIpc) is 3.34. The van der Waals surface area contributed by atoms with Crippen LogP contribution >= 0.6 is 0 Å². The number of nitrogens with one attached hydrogen (secondary N) is 1. The molecular weight excluding hydrogens is 350 g/mol. The molecule has 2 atom stereocenters. The molecule has 136 valence electrons. The molecule has 5 nitrogen and oxygen atoms in total. The van der Waals surface area contributed by atoms with Gasteiger partial charge in [-0.25, -0.2) is 0 Å². The molecule has 3 aromatic rings. The number of benzene rings is 2. The topological polar surface area (TPSA) is 65.5 Å². The number of aromatic nitrogens is 1. The van der Waals surface area contributed by atoms with Gasteiger partial charge in [-0.1, -0.05) is 48.5 Å². The van der Waals surface area contributed by atoms with Crippen LogP contribution in [-0.4, -0.2) is 28.0 Å². The zero-order valence-electron chi connectivity index (χ0n) is 14.9. The number of carbonyl (C=O) groups excluding carboxylic acids is 2. The fourth-order valence-electron chi connectivity index (χ4n) is 5.32. The number of hydrogen-bond donors (Lipinski definition) is 1. The predicted octanol–water partition coefficient (Wildman–Crippen LogP) is 3.24. The summed E-state index contributed by atoms with van der Waals surface area (Å²) in [5, 5.41) is 5.34. The van der Waals surface area contributed by atoms with Crippen LogP contribution in [-0.2, 0) is 9.59 Å². The maximum absolute atomic E-state index is 13.3. The van der Waals surface area contributed by atoms with E-state index in [2.05, 4.69) is 34.4 Å². The molecule has 0 saturated carbocycles. The highest BCUT2D eigenvalue weighted by Crippen LogP contribution is 2.60. The third kappa shape index (κ3) is 1.88. The van der Waals surface area contributed by atoms with E-state index in [1.165, 1.54) is 28.5 Å². The van der Waals surface area contributed by atoms with Crippen LogP contribution in [0.5, 0.6) is 0 Å². The monoisotopic (exact) mass is 367 g/mol. The highest BCUT2D eigenvalue weighted by molar-refractivity contribution is 6.08. The lowest BCUT2D eigenvalue weighted by Gasteiger charge is -2.45. The molecule has 28 heavy (non-hydrogen) atoms. The van der Waals surface area contributed by atoms with Crippen LogP contribution in [0.3, 0.4) is 0 Å². The number of aromatic amines is 1. The van der Waals surface area contributed by atoms with E-state index >= 15 is 0 Å². The van der Waals surface area contributed by atoms with Crippen LogP contribution in [0.25, 0.3) is 0 Å². The standard InChI is InChI=1S/C23H17N3O2/c27-22-20-18-14-7-1-2-8-15(14)19(17-10-4-3-9-16(17)18)21(20)23(28)26(22)25-12-13-6-5-11-24-13/h1-12,18-21,24H/b25-12-/t18?,19?,20-,21+. The number of nitrogens with zero attached hydrogens (tertiary/aromatic N) is 2. The van der Waals surface area contributed by atoms with E-state index < -0.39 is 0 Å². The first-order valence-electron chi connectivity index (χ1n) is 9.48. The summed E-state index contributed by atoms with van der Waals surface area (Å²) in [6, 6.07) is 20.1. The van der Waals surface area contributed by atoms with Gasteiger partial charge in [0.05, 0.1) is 23.7 Å². The molecule has 0 radical (unpaired) electrons. The van der Waals surface area contributed by atoms with E-state index in [9.17, 15) is 9.59 Å². The Balaban J connectivity index is 1.50. The predicted molar refractivity (Wildman–Crippen MR) is 104 cm³/mol. The second kappa shape index (κ2) is 5.52. The van der Waals surface area contributed by atoms with Crippen molar-refractivity contribution in [1.29, 1.82) is 0 Å². The quantitative estimate of drug-likeness (QED) is 0.558. The number of carbonyl (C=O) groups is 2. The number of rotatable bonds is 2. The Morgan fingerprint density at radius 1 is 0.750 bits per heavy atom. The molecular formula is C23H17N3O2. The summed E-state index contributed by atoms with van der Waals surface area (Å²) in [5.41, 5.74) is 5.44. The SMILES string of the molecule is O=C1[C@@H]2C3c4ccccc4C(c4ccccc43)[C@@H]2C(=O)N1/N=C\c1ccc[nH]1. The number of hydrogen-bond acceptors (Lipinski definition) is 3. The fourth-order valence-corrected chi connectivity index (χ4v) is 5.32. The molecule has 1 N–H and O–H groups in total. The van der Waals surface area contributed by atoms with E-state index in [0.29, 0.717) is 0 Å². The first kappa shape index (κ1) is 15.6. The zero-order valence-corrected chi connectivity index (χ0v) is 14.9. The molecule has 4 aliphatic rings. The minimum atomic E-state index is -0.386. The second-order valence-corrected chi connectivity index (χ2v) is 7.62. The van der Waals surface area contributed by atoms with Crippen molar-refractivity contribution in [2.24, 2.45) is 16.9 Å². The number of hydrazone groups is 1. The van der Waals surface area contributed by atoms with Gasteiger partial charge in [0, 0.05) is 18.0 Å². The van der Waals surface area contributed by atoms with Crippen LogP contribution in [0, 0.1) is 11.8 Å². The summed E-state index contributed by atoms with van der Waals surface area (Å²) in [7, 11) is 0. The summed E-state index contributed by atoms with van der Waals surface area (Å²) >= 11 is 0. The molecule has 1 aromatic heterocycles. The van der Waals surface area contributed by atoms with E-state index in [1.807, 2.05) is 36.4 Å². The summed E-state index contributed by atoms with van der Waals surface area (Å²) in [6.45, 7) is 0. The highest BCUT2D eigenvalue weighted by atomic mass is 16.2. The van der Waals surface area contributed by atoms with Crippen LogP contribution in [0.4, 0.5) is 0 Å². The van der Waals surface area contributed by atoms with Gasteiger partial charge in [-0.2, -0.15) is 10.1 Å². The minimum absolute atomic E-state index is 0.0930. The molecule has 7 rings (SSSR count). The minimum Gasteiger partial charge on any atom is -0.360 e. The van der Waals surface area contributed by atoms with Gasteiger partial charge in [-0.3, -0.25) is 9.59 Å². The van der Waals surface area contributed by atoms with Crippen molar-refractivity contribution in [3.05, 3.63) is 94.8 Å². The Kier molecular flexibility index (Phi) is 3.07. The smallest absolute Gasteiger partial charge is 0.254 e. The molecule has 0 unspecified atom stereocenters. The lowest BCUT2D eigenvalue weighted by molar-refractivity contribution is -0.139. The van der Waals surface area contributed by atoms with Crippen molar-refractivity contribution in [2.45, 2.75) is 11.8 Å². The van der Waals surface area contributed by atoms with E-state index in [4.69, 9.17) is 0 Å². The van der Waals surface area contributed by atoms with Gasteiger partial charge in [-0.05, 0) is 34.4 Å². The largest absolute Gasteiger partial charge is 0.360 e. The van der Waals surface area contributed by atoms with Crippen LogP contribution in [0.15, 0.2) is 72.0 Å². The van der Waals surface area contributed by atoms with Crippen molar-refractivity contribution in [3.8, 4) is 0 Å². The van der Waals surface area contributed by atoms with Crippen molar-refractivity contribution in [3.63, 3.8) is 0 Å². The van der Waals surface area contributed by atoms with Gasteiger partial charge >= 0.3 is 0 Å². The van der Waals surface area contributed by atoms with Crippen LogP contribution in [0.1, 0.15) is 39.8 Å². The molecule has 2 aromatic carbocycles. The first-order chi connectivity index (χ1) is 13.8. The van der Waals surface area contributed by atoms with E-state index in [0.717, 1.165) is 10.7 Å². The summed E-state index contributed by atoms with van der Waals surface area (Å²) in [4.78, 5) is 29.6. The lowest BCUT2D eigenvalue weighted by atomic mass is 9.55. The molecule has 1 saturated heterocycles. The summed E-state index contributed by atoms with van der Waals surface area (Å²) < 4.78 is 0. The first-order valence-corrected chi connectivity index (χ1v) is 9.48. The third-order valence-corrected chi connectivity index (χ3v) is 6.36. The fraction of sp³-hybridized carbons (Fsp3) is 0.174. The van der Waals surface area contributed by atoms with Gasteiger partial charge in [0.15, 0.2) is 0 Å². The second-order valence-electron chi connectivity index (χ2n) is 7.62. The Morgan fingerprint density at radius 2 is 1.25 bits per heavy atom. The van der Waals surface area contributed by atoms with Crippen molar-refractivity contribution < 1.29 is 9.59 Å². The Hall–Kier alpha value is -3.47. The molecule has 1 fully saturated rings. The summed E-state index contributed by atoms with van der Waals surface area (Å²) in [5.74, 6) is -1.35. The highest BCUT2D eigenvalue weighted by Gasteiger charge is 2.61. The zero-order chi connectivity index (χ0) is 18.8. The number of amides is 2. The molecule has 2 bridgehead atoms. The Morgan fingerprint density at radius 3 is 1.68 bits per heavy atom. The van der Waals surface area contributed by atoms with Gasteiger partial charge < -0.3 is 4.98 Å². The molecule has 3 aliphatic carbocycles. The lowest BCUT2D eigenvalue weighted by Crippen LogP contribution is -2.41. The molecule has 2 heterocycles. The van der Waals surface area contributed by atoms with Gasteiger partial charge in [0.1, 0.15) is 0 Å². The van der Waals surface area contributed by atoms with Gasteiger partial charge in [-0.15, -0.1) is 0 Å². The van der Waals surface area contributed by atoms with E-state index in [-0.39, 0.29) is 35.5 Å². The van der Waals surface area contributed by atoms with Crippen molar-refractivity contribution in [2.75, 3.05) is 0 Å². The normalized spacial score (nSPS) is 27.2. The van der Waals surface area contributed by atoms with Gasteiger partial charge in [0.2, 0.25) is 0 Å². The van der Waals surface area contributed by atoms with E-state index in [1.54, 1.807) is 6.20 Å². The van der Waals surface area contributed by atoms with Crippen LogP contribution in [0.2, 0.25) is 0 Å². The molecule has 2 amide bonds. The Labute approximate surface area is 161 Å². The molecule has 0 spiro atoms. The number of imide groups is 1. The van der Waals surface area contributed by atoms with Gasteiger partial charge in [0.25, 0.3) is 11.8 Å². The molecule has 1 aliphatic heterocycles.